The molecule has 0 amide bonds. The average Bonchev–Trinajstić information content (AvgIpc) is 3.00. The fraction of sp³-hybridized carbons (Fsp3) is 1.00. The molecule has 2 heterocycles. The maximum absolute atomic E-state index is 5.53. The van der Waals surface area contributed by atoms with Crippen molar-refractivity contribution in [1.29, 1.82) is 0 Å². The molecule has 0 aromatic heterocycles. The Balaban J connectivity index is 1.78. The molecule has 2 aliphatic rings. The van der Waals surface area contributed by atoms with Crippen molar-refractivity contribution in [3.8, 4) is 0 Å². The first kappa shape index (κ1) is 14.3. The zero-order chi connectivity index (χ0) is 12.8. The van der Waals surface area contributed by atoms with Gasteiger partial charge in [0.15, 0.2) is 0 Å². The summed E-state index contributed by atoms with van der Waals surface area (Å²) >= 11 is 0. The molecular formula is C14H28N2O2. The van der Waals surface area contributed by atoms with Crippen LogP contribution in [-0.2, 0) is 9.47 Å². The molecule has 4 heteroatoms. The summed E-state index contributed by atoms with van der Waals surface area (Å²) in [7, 11) is 1.81. The number of likely N-dealkylation sites (N-methyl/N-ethyl adjacent to an activating group) is 1. The SMILES string of the molecule is CCNC(CN1CCC(COC)C1)C1CCOC1. The van der Waals surface area contributed by atoms with Crippen molar-refractivity contribution in [3.05, 3.63) is 0 Å². The fourth-order valence-electron chi connectivity index (χ4n) is 3.24. The third kappa shape index (κ3) is 3.92. The van der Waals surface area contributed by atoms with Crippen LogP contribution in [0.2, 0.25) is 0 Å². The molecule has 0 aromatic carbocycles. The molecule has 0 saturated carbocycles. The van der Waals surface area contributed by atoms with E-state index in [0.717, 1.165) is 32.3 Å². The van der Waals surface area contributed by atoms with Crippen LogP contribution in [0.15, 0.2) is 0 Å². The summed E-state index contributed by atoms with van der Waals surface area (Å²) in [4.78, 5) is 2.59. The summed E-state index contributed by atoms with van der Waals surface area (Å²) in [5.41, 5.74) is 0. The lowest BCUT2D eigenvalue weighted by molar-refractivity contribution is 0.146. The van der Waals surface area contributed by atoms with E-state index in [2.05, 4.69) is 17.1 Å². The van der Waals surface area contributed by atoms with E-state index in [4.69, 9.17) is 9.47 Å². The summed E-state index contributed by atoms with van der Waals surface area (Å²) in [5.74, 6) is 1.43. The lowest BCUT2D eigenvalue weighted by Crippen LogP contribution is -2.45. The molecular weight excluding hydrogens is 228 g/mol. The Labute approximate surface area is 111 Å². The van der Waals surface area contributed by atoms with Crippen LogP contribution in [0.3, 0.4) is 0 Å². The van der Waals surface area contributed by atoms with E-state index in [1.54, 1.807) is 7.11 Å². The fourth-order valence-corrected chi connectivity index (χ4v) is 3.24. The molecule has 0 bridgehead atoms. The minimum absolute atomic E-state index is 0.596. The van der Waals surface area contributed by atoms with Gasteiger partial charge in [0.2, 0.25) is 0 Å². The summed E-state index contributed by atoms with van der Waals surface area (Å²) in [5, 5.41) is 3.65. The Morgan fingerprint density at radius 2 is 2.33 bits per heavy atom. The van der Waals surface area contributed by atoms with Gasteiger partial charge < -0.3 is 19.7 Å². The number of hydrogen-bond donors (Lipinski definition) is 1. The standard InChI is InChI=1S/C14H28N2O2/c1-3-15-14(13-5-7-18-11-13)9-16-6-4-12(8-16)10-17-2/h12-15H,3-11H2,1-2H3. The highest BCUT2D eigenvalue weighted by molar-refractivity contribution is 4.85. The van der Waals surface area contributed by atoms with Gasteiger partial charge in [0, 0.05) is 38.8 Å². The number of methoxy groups -OCH3 is 1. The predicted octanol–water partition coefficient (Wildman–Crippen LogP) is 0.969. The van der Waals surface area contributed by atoms with Crippen molar-refractivity contribution < 1.29 is 9.47 Å². The van der Waals surface area contributed by atoms with Gasteiger partial charge in [-0.25, -0.2) is 0 Å². The molecule has 0 radical (unpaired) electrons. The van der Waals surface area contributed by atoms with Crippen molar-refractivity contribution in [3.63, 3.8) is 0 Å². The molecule has 3 unspecified atom stereocenters. The molecule has 3 atom stereocenters. The van der Waals surface area contributed by atoms with Gasteiger partial charge >= 0.3 is 0 Å². The molecule has 2 fully saturated rings. The maximum atomic E-state index is 5.53. The van der Waals surface area contributed by atoms with Crippen LogP contribution in [0.5, 0.6) is 0 Å². The molecule has 2 rings (SSSR count). The van der Waals surface area contributed by atoms with Gasteiger partial charge in [-0.1, -0.05) is 6.92 Å². The van der Waals surface area contributed by atoms with Gasteiger partial charge in [-0.15, -0.1) is 0 Å². The van der Waals surface area contributed by atoms with Gasteiger partial charge in [0.05, 0.1) is 13.2 Å². The normalized spacial score (nSPS) is 31.0. The second-order valence-corrected chi connectivity index (χ2v) is 5.66. The highest BCUT2D eigenvalue weighted by Crippen LogP contribution is 2.21. The van der Waals surface area contributed by atoms with E-state index in [1.165, 1.54) is 32.5 Å². The molecule has 106 valence electrons. The average molecular weight is 256 g/mol. The minimum atomic E-state index is 0.596. The zero-order valence-electron chi connectivity index (χ0n) is 11.9. The van der Waals surface area contributed by atoms with Gasteiger partial charge in [0.1, 0.15) is 0 Å². The largest absolute Gasteiger partial charge is 0.384 e. The number of ether oxygens (including phenoxy) is 2. The number of nitrogens with one attached hydrogen (secondary N) is 1. The van der Waals surface area contributed by atoms with Crippen molar-refractivity contribution in [2.75, 3.05) is 53.1 Å². The van der Waals surface area contributed by atoms with E-state index in [1.807, 2.05) is 0 Å². The Morgan fingerprint density at radius 1 is 1.44 bits per heavy atom. The molecule has 1 N–H and O–H groups in total. The van der Waals surface area contributed by atoms with Crippen molar-refractivity contribution >= 4 is 0 Å². The number of rotatable bonds is 7. The van der Waals surface area contributed by atoms with E-state index >= 15 is 0 Å². The van der Waals surface area contributed by atoms with E-state index in [9.17, 15) is 0 Å². The first-order valence-corrected chi connectivity index (χ1v) is 7.36. The quantitative estimate of drug-likeness (QED) is 0.736. The molecule has 0 aliphatic carbocycles. The summed E-state index contributed by atoms with van der Waals surface area (Å²) in [6.45, 7) is 9.63. The van der Waals surface area contributed by atoms with Crippen LogP contribution in [-0.4, -0.2) is 64.1 Å². The third-order valence-corrected chi connectivity index (χ3v) is 4.23. The smallest absolute Gasteiger partial charge is 0.0510 e. The Morgan fingerprint density at radius 3 is 3.00 bits per heavy atom. The minimum Gasteiger partial charge on any atom is -0.384 e. The van der Waals surface area contributed by atoms with Crippen LogP contribution >= 0.6 is 0 Å². The highest BCUT2D eigenvalue weighted by Gasteiger charge is 2.29. The van der Waals surface area contributed by atoms with Crippen LogP contribution in [0.1, 0.15) is 19.8 Å². The molecule has 18 heavy (non-hydrogen) atoms. The monoisotopic (exact) mass is 256 g/mol. The summed E-state index contributed by atoms with van der Waals surface area (Å²) in [6, 6.07) is 0.596. The van der Waals surface area contributed by atoms with E-state index < -0.39 is 0 Å². The van der Waals surface area contributed by atoms with Crippen LogP contribution in [0, 0.1) is 11.8 Å². The van der Waals surface area contributed by atoms with Crippen LogP contribution in [0.25, 0.3) is 0 Å². The molecule has 4 nitrogen and oxygen atoms in total. The van der Waals surface area contributed by atoms with E-state index in [-0.39, 0.29) is 0 Å². The first-order valence-electron chi connectivity index (χ1n) is 7.36. The molecule has 0 spiro atoms. The second-order valence-electron chi connectivity index (χ2n) is 5.66. The topological polar surface area (TPSA) is 33.7 Å². The van der Waals surface area contributed by atoms with Crippen LogP contribution in [0.4, 0.5) is 0 Å². The Bertz CT molecular complexity index is 232. The summed E-state index contributed by atoms with van der Waals surface area (Å²) in [6.07, 6.45) is 2.50. The highest BCUT2D eigenvalue weighted by atomic mass is 16.5. The Kier molecular flexibility index (Phi) is 5.89. The maximum Gasteiger partial charge on any atom is 0.0510 e. The van der Waals surface area contributed by atoms with Crippen LogP contribution < -0.4 is 5.32 Å². The molecule has 0 aromatic rings. The van der Waals surface area contributed by atoms with Crippen molar-refractivity contribution in [2.45, 2.75) is 25.8 Å². The van der Waals surface area contributed by atoms with Gasteiger partial charge in [-0.2, -0.15) is 0 Å². The molecule has 2 saturated heterocycles. The van der Waals surface area contributed by atoms with E-state index in [0.29, 0.717) is 12.0 Å². The first-order chi connectivity index (χ1) is 8.83. The Hall–Kier alpha value is -0.160. The second kappa shape index (κ2) is 7.43. The number of nitrogens with zero attached hydrogens (tertiary/aromatic N) is 1. The van der Waals surface area contributed by atoms with Gasteiger partial charge in [0.25, 0.3) is 0 Å². The van der Waals surface area contributed by atoms with Crippen molar-refractivity contribution in [1.82, 2.24) is 10.2 Å². The lowest BCUT2D eigenvalue weighted by atomic mass is 9.98. The van der Waals surface area contributed by atoms with Gasteiger partial charge in [-0.3, -0.25) is 0 Å². The predicted molar refractivity (Wildman–Crippen MR) is 72.8 cm³/mol. The third-order valence-electron chi connectivity index (χ3n) is 4.23. The zero-order valence-corrected chi connectivity index (χ0v) is 11.9. The number of hydrogen-bond acceptors (Lipinski definition) is 4. The van der Waals surface area contributed by atoms with Gasteiger partial charge in [-0.05, 0) is 31.8 Å². The lowest BCUT2D eigenvalue weighted by Gasteiger charge is -2.28. The molecule has 2 aliphatic heterocycles. The summed E-state index contributed by atoms with van der Waals surface area (Å²) < 4.78 is 10.8. The number of likely N-dealkylation sites (tertiary alicyclic amines) is 1. The van der Waals surface area contributed by atoms with Crippen molar-refractivity contribution in [2.24, 2.45) is 11.8 Å².